The van der Waals surface area contributed by atoms with Gasteiger partial charge in [-0.1, -0.05) is 57.2 Å². The first-order valence-corrected chi connectivity index (χ1v) is 13.8. The molecule has 0 bridgehead atoms. The number of carbonyl (C=O) groups excluding carboxylic acids is 3. The molecule has 9 heteroatoms. The Balaban J connectivity index is 1.61. The average molecular weight is 551 g/mol. The van der Waals surface area contributed by atoms with Crippen LogP contribution in [0.1, 0.15) is 61.6 Å². The topological polar surface area (TPSA) is 82.2 Å². The van der Waals surface area contributed by atoms with E-state index in [9.17, 15) is 18.8 Å². The summed E-state index contributed by atoms with van der Waals surface area (Å²) in [6, 6.07) is 13.0. The van der Waals surface area contributed by atoms with E-state index in [1.807, 2.05) is 24.3 Å². The molecule has 4 rings (SSSR count). The van der Waals surface area contributed by atoms with Crippen LogP contribution in [0.5, 0.6) is 0 Å². The van der Waals surface area contributed by atoms with Gasteiger partial charge in [0.1, 0.15) is 5.82 Å². The minimum Gasteiger partial charge on any atom is -0.463 e. The number of amides is 3. The molecular formula is C31H39FN4O4. The Morgan fingerprint density at radius 1 is 1.02 bits per heavy atom. The van der Waals surface area contributed by atoms with Gasteiger partial charge in [-0.2, -0.15) is 0 Å². The molecule has 2 aliphatic heterocycles. The molecule has 214 valence electrons. The summed E-state index contributed by atoms with van der Waals surface area (Å²) in [5.41, 5.74) is 2.95. The normalized spacial score (nSPS) is 18.9. The number of hydrogen-bond donors (Lipinski definition) is 1. The molecule has 1 unspecified atom stereocenters. The third-order valence-electron chi connectivity index (χ3n) is 7.54. The molecule has 40 heavy (non-hydrogen) atoms. The highest BCUT2D eigenvalue weighted by Gasteiger charge is 2.37. The Hall–Kier alpha value is -3.72. The van der Waals surface area contributed by atoms with E-state index in [-0.39, 0.29) is 29.5 Å². The molecule has 2 aromatic rings. The molecule has 0 aliphatic carbocycles. The fourth-order valence-corrected chi connectivity index (χ4v) is 5.17. The van der Waals surface area contributed by atoms with E-state index < -0.39 is 17.8 Å². The van der Waals surface area contributed by atoms with Crippen LogP contribution in [0.2, 0.25) is 0 Å². The Morgan fingerprint density at radius 3 is 2.38 bits per heavy atom. The summed E-state index contributed by atoms with van der Waals surface area (Å²) in [5, 5.41) is 2.98. The minimum atomic E-state index is -0.655. The highest BCUT2D eigenvalue weighted by molar-refractivity contribution is 5.95. The number of esters is 1. The van der Waals surface area contributed by atoms with Gasteiger partial charge in [-0.15, -0.1) is 0 Å². The maximum Gasteiger partial charge on any atom is 0.338 e. The Bertz CT molecular complexity index is 1280. The van der Waals surface area contributed by atoms with Crippen LogP contribution in [0.25, 0.3) is 0 Å². The van der Waals surface area contributed by atoms with Crippen molar-refractivity contribution in [2.45, 2.75) is 45.6 Å². The average Bonchev–Trinajstić information content (AvgIpc) is 3.16. The number of ether oxygens (including phenoxy) is 1. The molecular weight excluding hydrogens is 511 g/mol. The number of nitrogens with one attached hydrogen (secondary N) is 1. The van der Waals surface area contributed by atoms with Crippen molar-refractivity contribution in [2.24, 2.45) is 0 Å². The largest absolute Gasteiger partial charge is 0.463 e. The zero-order chi connectivity index (χ0) is 29.0. The van der Waals surface area contributed by atoms with E-state index in [1.165, 1.54) is 17.0 Å². The molecule has 1 fully saturated rings. The highest BCUT2D eigenvalue weighted by Crippen LogP contribution is 2.33. The molecule has 0 saturated carbocycles. The molecule has 3 amide bonds. The van der Waals surface area contributed by atoms with Gasteiger partial charge in [0.05, 0.1) is 23.8 Å². The molecule has 0 aromatic heterocycles. The second kappa shape index (κ2) is 12.2. The number of nitrogens with zero attached hydrogens (tertiary/aromatic N) is 3. The van der Waals surface area contributed by atoms with Crippen molar-refractivity contribution in [3.63, 3.8) is 0 Å². The number of rotatable bonds is 6. The summed E-state index contributed by atoms with van der Waals surface area (Å²) in [4.78, 5) is 44.7. The molecule has 1 N–H and O–H groups in total. The van der Waals surface area contributed by atoms with Crippen LogP contribution in [0, 0.1) is 5.82 Å². The SMILES string of the molecule is CCOC(=O)C1=C(CN2CCCN(C(=O)c3ccccc3F)CC2)N(C)C(=O)NC1c1ccc(C(C)(C)C)cc1. The third-order valence-corrected chi connectivity index (χ3v) is 7.54. The van der Waals surface area contributed by atoms with Crippen molar-refractivity contribution in [3.8, 4) is 0 Å². The number of halogens is 1. The lowest BCUT2D eigenvalue weighted by Crippen LogP contribution is -2.49. The van der Waals surface area contributed by atoms with Crippen LogP contribution in [0.15, 0.2) is 59.8 Å². The van der Waals surface area contributed by atoms with Gasteiger partial charge >= 0.3 is 12.0 Å². The number of carbonyl (C=O) groups is 3. The quantitative estimate of drug-likeness (QED) is 0.537. The number of hydrogen-bond acceptors (Lipinski definition) is 5. The van der Waals surface area contributed by atoms with Crippen molar-refractivity contribution >= 4 is 17.9 Å². The molecule has 2 heterocycles. The lowest BCUT2D eigenvalue weighted by atomic mass is 9.85. The van der Waals surface area contributed by atoms with Gasteiger partial charge in [-0.3, -0.25) is 14.6 Å². The zero-order valence-electron chi connectivity index (χ0n) is 24.0. The Kier molecular flexibility index (Phi) is 8.93. The van der Waals surface area contributed by atoms with Crippen molar-refractivity contribution in [1.29, 1.82) is 0 Å². The predicted octanol–water partition coefficient (Wildman–Crippen LogP) is 4.48. The molecule has 2 aromatic carbocycles. The van der Waals surface area contributed by atoms with Gasteiger partial charge in [0, 0.05) is 45.5 Å². The van der Waals surface area contributed by atoms with Crippen LogP contribution >= 0.6 is 0 Å². The van der Waals surface area contributed by atoms with E-state index in [0.717, 1.165) is 11.1 Å². The van der Waals surface area contributed by atoms with Gasteiger partial charge < -0.3 is 15.0 Å². The van der Waals surface area contributed by atoms with Gasteiger partial charge in [0.2, 0.25) is 0 Å². The summed E-state index contributed by atoms with van der Waals surface area (Å²) in [6.45, 7) is 10.8. The zero-order valence-corrected chi connectivity index (χ0v) is 24.0. The highest BCUT2D eigenvalue weighted by atomic mass is 19.1. The lowest BCUT2D eigenvalue weighted by molar-refractivity contribution is -0.139. The van der Waals surface area contributed by atoms with Crippen LogP contribution in [0.4, 0.5) is 9.18 Å². The van der Waals surface area contributed by atoms with Gasteiger partial charge in [-0.25, -0.2) is 14.0 Å². The molecule has 0 spiro atoms. The van der Waals surface area contributed by atoms with E-state index in [1.54, 1.807) is 31.0 Å². The second-order valence-electron chi connectivity index (χ2n) is 11.3. The standard InChI is InChI=1S/C31H39FN4O4/c1-6-40-29(38)26-25(34(5)30(39)33-27(26)21-12-14-22(15-13-21)31(2,3)4)20-35-16-9-17-36(19-18-35)28(37)23-10-7-8-11-24(23)32/h7-8,10-15,27H,6,9,16-20H2,1-5H3,(H,33,39). The molecule has 1 atom stereocenters. The summed E-state index contributed by atoms with van der Waals surface area (Å²) in [7, 11) is 1.65. The van der Waals surface area contributed by atoms with Gasteiger partial charge in [-0.05, 0) is 42.0 Å². The maximum absolute atomic E-state index is 14.2. The Labute approximate surface area is 235 Å². The monoisotopic (exact) mass is 550 g/mol. The first-order valence-electron chi connectivity index (χ1n) is 13.8. The van der Waals surface area contributed by atoms with E-state index >= 15 is 0 Å². The van der Waals surface area contributed by atoms with E-state index in [4.69, 9.17) is 4.74 Å². The second-order valence-corrected chi connectivity index (χ2v) is 11.3. The van der Waals surface area contributed by atoms with Crippen molar-refractivity contribution in [2.75, 3.05) is 46.4 Å². The number of likely N-dealkylation sites (N-methyl/N-ethyl adjacent to an activating group) is 1. The van der Waals surface area contributed by atoms with Crippen LogP contribution in [-0.2, 0) is 14.9 Å². The van der Waals surface area contributed by atoms with Crippen LogP contribution in [0.3, 0.4) is 0 Å². The van der Waals surface area contributed by atoms with Crippen molar-refractivity contribution in [1.82, 2.24) is 20.0 Å². The summed E-state index contributed by atoms with van der Waals surface area (Å²) in [6.07, 6.45) is 0.676. The van der Waals surface area contributed by atoms with E-state index in [2.05, 4.69) is 31.0 Å². The molecule has 0 radical (unpaired) electrons. The van der Waals surface area contributed by atoms with Crippen molar-refractivity contribution in [3.05, 3.63) is 82.3 Å². The molecule has 2 aliphatic rings. The minimum absolute atomic E-state index is 0.0339. The first kappa shape index (κ1) is 29.3. The summed E-state index contributed by atoms with van der Waals surface area (Å²) in [5.74, 6) is -1.34. The van der Waals surface area contributed by atoms with Crippen molar-refractivity contribution < 1.29 is 23.5 Å². The summed E-state index contributed by atoms with van der Waals surface area (Å²) >= 11 is 0. The van der Waals surface area contributed by atoms with Crippen LogP contribution < -0.4 is 5.32 Å². The third kappa shape index (κ3) is 6.36. The number of benzene rings is 2. The summed E-state index contributed by atoms with van der Waals surface area (Å²) < 4.78 is 19.7. The fourth-order valence-electron chi connectivity index (χ4n) is 5.17. The van der Waals surface area contributed by atoms with Crippen LogP contribution in [-0.4, -0.2) is 79.0 Å². The number of urea groups is 1. The first-order chi connectivity index (χ1) is 19.0. The maximum atomic E-state index is 14.2. The predicted molar refractivity (Wildman–Crippen MR) is 151 cm³/mol. The fraction of sp³-hybridized carbons (Fsp3) is 0.452. The van der Waals surface area contributed by atoms with Gasteiger partial charge in [0.15, 0.2) is 0 Å². The van der Waals surface area contributed by atoms with Gasteiger partial charge in [0.25, 0.3) is 5.91 Å². The molecule has 1 saturated heterocycles. The lowest BCUT2D eigenvalue weighted by Gasteiger charge is -2.36. The Morgan fingerprint density at radius 2 is 1.73 bits per heavy atom. The molecule has 8 nitrogen and oxygen atoms in total. The van der Waals surface area contributed by atoms with E-state index in [0.29, 0.717) is 50.4 Å². The smallest absolute Gasteiger partial charge is 0.338 e.